The maximum absolute atomic E-state index is 12.6. The Morgan fingerprint density at radius 2 is 1.92 bits per heavy atom. The van der Waals surface area contributed by atoms with Crippen molar-refractivity contribution in [3.63, 3.8) is 0 Å². The fraction of sp³-hybridized carbons (Fsp3) is 0.158. The summed E-state index contributed by atoms with van der Waals surface area (Å²) < 4.78 is 1.27. The fourth-order valence-corrected chi connectivity index (χ4v) is 2.77. The molecule has 6 nitrogen and oxygen atoms in total. The average Bonchev–Trinajstić information content (AvgIpc) is 2.66. The fourth-order valence-electron chi connectivity index (χ4n) is 2.58. The predicted octanol–water partition coefficient (Wildman–Crippen LogP) is 3.22. The number of rotatable bonds is 4. The van der Waals surface area contributed by atoms with Crippen LogP contribution in [0.5, 0.6) is 0 Å². The molecule has 1 heterocycles. The number of hydrogen-bond donors (Lipinski definition) is 1. The third-order valence-corrected chi connectivity index (χ3v) is 4.18. The molecule has 0 bridgehead atoms. The molecule has 0 aliphatic carbocycles. The third-order valence-electron chi connectivity index (χ3n) is 3.95. The van der Waals surface area contributed by atoms with E-state index >= 15 is 0 Å². The molecule has 0 fully saturated rings. The molecule has 132 valence electrons. The van der Waals surface area contributed by atoms with Gasteiger partial charge in [-0.25, -0.2) is 10.1 Å². The first kappa shape index (κ1) is 17.8. The summed E-state index contributed by atoms with van der Waals surface area (Å²) in [6, 6.07) is 14.1. The van der Waals surface area contributed by atoms with E-state index in [0.717, 1.165) is 5.56 Å². The lowest BCUT2D eigenvalue weighted by Gasteiger charge is -2.09. The molecule has 2 aromatic carbocycles. The summed E-state index contributed by atoms with van der Waals surface area (Å²) in [7, 11) is 0. The standard InChI is InChI=1S/C19H17ClN4O2/c1-3-24-19(26)16-10-5-4-9-15(16)17(23-24)18(25)22-21-12(2)13-7-6-8-14(20)11-13/h4-11H,3H2,1-2H3,(H,22,25)/b21-12+. The van der Waals surface area contributed by atoms with Crippen molar-refractivity contribution in [2.75, 3.05) is 0 Å². The summed E-state index contributed by atoms with van der Waals surface area (Å²) in [5.41, 5.74) is 3.85. The summed E-state index contributed by atoms with van der Waals surface area (Å²) in [6.45, 7) is 3.94. The van der Waals surface area contributed by atoms with Crippen molar-refractivity contribution in [3.05, 3.63) is 75.2 Å². The topological polar surface area (TPSA) is 76.3 Å². The molecule has 7 heteroatoms. The number of aromatic nitrogens is 2. The van der Waals surface area contributed by atoms with Crippen molar-refractivity contribution in [3.8, 4) is 0 Å². The van der Waals surface area contributed by atoms with Gasteiger partial charge in [-0.1, -0.05) is 41.9 Å². The molecular formula is C19H17ClN4O2. The Hall–Kier alpha value is -2.99. The van der Waals surface area contributed by atoms with Crippen LogP contribution < -0.4 is 11.0 Å². The number of carbonyl (C=O) groups is 1. The van der Waals surface area contributed by atoms with Gasteiger partial charge in [0.15, 0.2) is 5.69 Å². The molecule has 3 aromatic rings. The second-order valence-electron chi connectivity index (χ2n) is 5.66. The van der Waals surface area contributed by atoms with Crippen LogP contribution in [0.15, 0.2) is 58.4 Å². The third kappa shape index (κ3) is 3.50. The number of fused-ring (bicyclic) bond motifs is 1. The van der Waals surface area contributed by atoms with E-state index in [1.807, 2.05) is 12.1 Å². The molecule has 1 amide bonds. The second kappa shape index (κ2) is 7.49. The van der Waals surface area contributed by atoms with E-state index in [-0.39, 0.29) is 11.3 Å². The zero-order chi connectivity index (χ0) is 18.7. The van der Waals surface area contributed by atoms with Gasteiger partial charge in [0.2, 0.25) is 0 Å². The average molecular weight is 369 g/mol. The van der Waals surface area contributed by atoms with Crippen molar-refractivity contribution in [2.45, 2.75) is 20.4 Å². The van der Waals surface area contributed by atoms with Crippen LogP contribution in [0.1, 0.15) is 29.9 Å². The SMILES string of the molecule is CCn1nc(C(=O)N/N=C(\C)c2cccc(Cl)c2)c2ccccc2c1=O. The number of halogens is 1. The van der Waals surface area contributed by atoms with Gasteiger partial charge in [0.05, 0.1) is 11.1 Å². The Kier molecular flexibility index (Phi) is 5.14. The highest BCUT2D eigenvalue weighted by Gasteiger charge is 2.16. The lowest BCUT2D eigenvalue weighted by Crippen LogP contribution is -2.28. The molecular weight excluding hydrogens is 352 g/mol. The minimum atomic E-state index is -0.482. The molecule has 0 atom stereocenters. The van der Waals surface area contributed by atoms with Crippen molar-refractivity contribution < 1.29 is 4.79 Å². The molecule has 0 aliphatic heterocycles. The summed E-state index contributed by atoms with van der Waals surface area (Å²) in [4.78, 5) is 25.0. The molecule has 0 unspecified atom stereocenters. The lowest BCUT2D eigenvalue weighted by molar-refractivity contribution is 0.0949. The van der Waals surface area contributed by atoms with Gasteiger partial charge in [0.1, 0.15) is 0 Å². The number of hydrazone groups is 1. The maximum atomic E-state index is 12.6. The number of nitrogens with one attached hydrogen (secondary N) is 1. The van der Waals surface area contributed by atoms with Crippen LogP contribution in [-0.2, 0) is 6.54 Å². The number of amides is 1. The van der Waals surface area contributed by atoms with E-state index in [9.17, 15) is 9.59 Å². The van der Waals surface area contributed by atoms with E-state index in [2.05, 4.69) is 15.6 Å². The van der Waals surface area contributed by atoms with Crippen LogP contribution >= 0.6 is 11.6 Å². The highest BCUT2D eigenvalue weighted by molar-refractivity contribution is 6.31. The highest BCUT2D eigenvalue weighted by Crippen LogP contribution is 2.14. The smallest absolute Gasteiger partial charge is 0.267 e. The summed E-state index contributed by atoms with van der Waals surface area (Å²) >= 11 is 5.98. The van der Waals surface area contributed by atoms with E-state index < -0.39 is 5.91 Å². The van der Waals surface area contributed by atoms with Gasteiger partial charge in [-0.15, -0.1) is 0 Å². The zero-order valence-corrected chi connectivity index (χ0v) is 15.1. The number of aryl methyl sites for hydroxylation is 1. The normalized spacial score (nSPS) is 11.6. The highest BCUT2D eigenvalue weighted by atomic mass is 35.5. The molecule has 26 heavy (non-hydrogen) atoms. The number of benzene rings is 2. The van der Waals surface area contributed by atoms with E-state index in [1.165, 1.54) is 4.68 Å². The molecule has 0 aliphatic rings. The molecule has 1 aromatic heterocycles. The maximum Gasteiger partial charge on any atom is 0.292 e. The van der Waals surface area contributed by atoms with Crippen LogP contribution in [0.3, 0.4) is 0 Å². The molecule has 0 saturated heterocycles. The minimum Gasteiger partial charge on any atom is -0.267 e. The van der Waals surface area contributed by atoms with Gasteiger partial charge >= 0.3 is 0 Å². The first-order valence-electron chi connectivity index (χ1n) is 8.11. The van der Waals surface area contributed by atoms with E-state index in [4.69, 9.17) is 11.6 Å². The van der Waals surface area contributed by atoms with Crippen molar-refractivity contribution >= 4 is 34.0 Å². The van der Waals surface area contributed by atoms with Gasteiger partial charge in [-0.3, -0.25) is 9.59 Å². The van der Waals surface area contributed by atoms with Gasteiger partial charge in [0, 0.05) is 17.0 Å². The van der Waals surface area contributed by atoms with Crippen LogP contribution in [0.4, 0.5) is 0 Å². The van der Waals surface area contributed by atoms with Crippen molar-refractivity contribution in [2.24, 2.45) is 5.10 Å². The Labute approximate surface area is 155 Å². The van der Waals surface area contributed by atoms with Gasteiger partial charge in [-0.05, 0) is 37.6 Å². The molecule has 0 radical (unpaired) electrons. The lowest BCUT2D eigenvalue weighted by atomic mass is 10.1. The first-order chi connectivity index (χ1) is 12.5. The van der Waals surface area contributed by atoms with Gasteiger partial charge in [0.25, 0.3) is 11.5 Å². The molecule has 0 spiro atoms. The Balaban J connectivity index is 1.97. The molecule has 0 saturated carbocycles. The Bertz CT molecular complexity index is 1070. The van der Waals surface area contributed by atoms with Crippen LogP contribution in [-0.4, -0.2) is 21.4 Å². The number of carbonyl (C=O) groups excluding carboxylic acids is 1. The molecule has 1 N–H and O–H groups in total. The zero-order valence-electron chi connectivity index (χ0n) is 14.4. The number of hydrogen-bond acceptors (Lipinski definition) is 4. The first-order valence-corrected chi connectivity index (χ1v) is 8.49. The van der Waals surface area contributed by atoms with Crippen LogP contribution in [0, 0.1) is 0 Å². The van der Waals surface area contributed by atoms with Crippen molar-refractivity contribution in [1.29, 1.82) is 0 Å². The van der Waals surface area contributed by atoms with E-state index in [0.29, 0.717) is 28.1 Å². The Morgan fingerprint density at radius 3 is 2.62 bits per heavy atom. The van der Waals surface area contributed by atoms with Gasteiger partial charge < -0.3 is 0 Å². The quantitative estimate of drug-likeness (QED) is 0.567. The summed E-state index contributed by atoms with van der Waals surface area (Å²) in [5, 5.41) is 9.85. The van der Waals surface area contributed by atoms with Gasteiger partial charge in [-0.2, -0.15) is 10.2 Å². The van der Waals surface area contributed by atoms with Crippen LogP contribution in [0.2, 0.25) is 5.02 Å². The largest absolute Gasteiger partial charge is 0.292 e. The predicted molar refractivity (Wildman–Crippen MR) is 103 cm³/mol. The van der Waals surface area contributed by atoms with Crippen LogP contribution in [0.25, 0.3) is 10.8 Å². The minimum absolute atomic E-state index is 0.157. The number of nitrogens with zero attached hydrogens (tertiary/aromatic N) is 3. The summed E-state index contributed by atoms with van der Waals surface area (Å²) in [5.74, 6) is -0.482. The van der Waals surface area contributed by atoms with Crippen molar-refractivity contribution in [1.82, 2.24) is 15.2 Å². The monoisotopic (exact) mass is 368 g/mol. The van der Waals surface area contributed by atoms with E-state index in [1.54, 1.807) is 50.2 Å². The Morgan fingerprint density at radius 1 is 1.19 bits per heavy atom. The summed E-state index contributed by atoms with van der Waals surface area (Å²) in [6.07, 6.45) is 0. The second-order valence-corrected chi connectivity index (χ2v) is 6.10. The molecule has 3 rings (SSSR count).